The molecule has 3 fully saturated rings. The van der Waals surface area contributed by atoms with E-state index in [1.54, 1.807) is 5.51 Å². The predicted octanol–water partition coefficient (Wildman–Crippen LogP) is 4.56. The maximum atomic E-state index is 12.2. The first-order valence-electron chi connectivity index (χ1n) is 7.99. The number of nitrogens with zero attached hydrogens (tertiary/aromatic N) is 2. The number of hydrogen-bond donors (Lipinski definition) is 1. The van der Waals surface area contributed by atoms with Crippen molar-refractivity contribution < 1.29 is 9.53 Å². The molecular weight excluding hydrogens is 366 g/mol. The number of carbonyl (C=O) groups is 1. The summed E-state index contributed by atoms with van der Waals surface area (Å²) in [6.07, 6.45) is 2.94. The molecule has 2 bridgehead atoms. The van der Waals surface area contributed by atoms with E-state index in [4.69, 9.17) is 16.3 Å². The SMILES string of the molecule is O=C(Nc1ncsc1-c1ccc(Cl)s1)OCC12CCN(CC1)CC2. The van der Waals surface area contributed by atoms with Gasteiger partial charge in [0.15, 0.2) is 5.82 Å². The van der Waals surface area contributed by atoms with Crippen LogP contribution in [-0.4, -0.2) is 42.2 Å². The Morgan fingerprint density at radius 2 is 2.08 bits per heavy atom. The Hall–Kier alpha value is -1.15. The summed E-state index contributed by atoms with van der Waals surface area (Å²) >= 11 is 8.94. The third-order valence-corrected chi connectivity index (χ3v) is 7.21. The number of fused-ring (bicyclic) bond motifs is 3. The number of thiophene rings is 1. The molecule has 5 rings (SSSR count). The number of halogens is 1. The van der Waals surface area contributed by atoms with Crippen molar-refractivity contribution in [3.05, 3.63) is 22.0 Å². The van der Waals surface area contributed by atoms with Crippen LogP contribution in [0.1, 0.15) is 19.3 Å². The Morgan fingerprint density at radius 3 is 2.75 bits per heavy atom. The molecule has 2 aromatic heterocycles. The number of anilines is 1. The van der Waals surface area contributed by atoms with Crippen molar-refractivity contribution >= 4 is 46.2 Å². The van der Waals surface area contributed by atoms with Gasteiger partial charge in [-0.3, -0.25) is 5.32 Å². The smallest absolute Gasteiger partial charge is 0.412 e. The van der Waals surface area contributed by atoms with E-state index in [2.05, 4.69) is 15.2 Å². The van der Waals surface area contributed by atoms with Crippen molar-refractivity contribution in [2.75, 3.05) is 31.6 Å². The lowest BCUT2D eigenvalue weighted by molar-refractivity contribution is -0.0190. The molecule has 0 aromatic carbocycles. The van der Waals surface area contributed by atoms with Gasteiger partial charge >= 0.3 is 6.09 Å². The van der Waals surface area contributed by atoms with E-state index in [0.29, 0.717) is 12.4 Å². The second-order valence-corrected chi connectivity index (χ2v) is 9.00. The van der Waals surface area contributed by atoms with Crippen LogP contribution in [0, 0.1) is 5.41 Å². The fourth-order valence-electron chi connectivity index (χ4n) is 3.41. The number of aromatic nitrogens is 1. The standard InChI is InChI=1S/C16H18ClN3O2S2/c17-12-2-1-11(24-12)13-14(18-10-23-13)19-15(21)22-9-16-3-6-20(7-4-16)8-5-16/h1-2,10H,3-9H2,(H,19,21). The first kappa shape index (κ1) is 16.3. The summed E-state index contributed by atoms with van der Waals surface area (Å²) in [4.78, 5) is 20.8. The van der Waals surface area contributed by atoms with Crippen molar-refractivity contribution in [1.82, 2.24) is 9.88 Å². The van der Waals surface area contributed by atoms with Crippen molar-refractivity contribution in [1.29, 1.82) is 0 Å². The topological polar surface area (TPSA) is 54.5 Å². The van der Waals surface area contributed by atoms with E-state index in [1.807, 2.05) is 12.1 Å². The van der Waals surface area contributed by atoms with Crippen LogP contribution in [-0.2, 0) is 4.74 Å². The van der Waals surface area contributed by atoms with E-state index in [9.17, 15) is 4.79 Å². The Labute approximate surface area is 153 Å². The zero-order valence-electron chi connectivity index (χ0n) is 13.1. The van der Waals surface area contributed by atoms with Gasteiger partial charge in [0.2, 0.25) is 0 Å². The van der Waals surface area contributed by atoms with Crippen molar-refractivity contribution in [2.24, 2.45) is 5.41 Å². The second-order valence-electron chi connectivity index (χ2n) is 6.43. The molecule has 0 aliphatic carbocycles. The molecule has 0 spiro atoms. The van der Waals surface area contributed by atoms with Crippen LogP contribution in [0.15, 0.2) is 17.6 Å². The van der Waals surface area contributed by atoms with Crippen LogP contribution in [0.4, 0.5) is 10.6 Å². The van der Waals surface area contributed by atoms with Gasteiger partial charge in [-0.25, -0.2) is 9.78 Å². The van der Waals surface area contributed by atoms with Crippen LogP contribution in [0.25, 0.3) is 9.75 Å². The molecule has 3 saturated heterocycles. The fraction of sp³-hybridized carbons (Fsp3) is 0.500. The molecule has 3 aliphatic rings. The van der Waals surface area contributed by atoms with E-state index in [0.717, 1.165) is 53.0 Å². The maximum Gasteiger partial charge on any atom is 0.412 e. The van der Waals surface area contributed by atoms with E-state index >= 15 is 0 Å². The summed E-state index contributed by atoms with van der Waals surface area (Å²) < 4.78 is 6.26. The first-order chi connectivity index (χ1) is 11.6. The van der Waals surface area contributed by atoms with Gasteiger partial charge in [0.25, 0.3) is 0 Å². The monoisotopic (exact) mass is 383 g/mol. The summed E-state index contributed by atoms with van der Waals surface area (Å²) in [6.45, 7) is 3.87. The molecule has 0 unspecified atom stereocenters. The number of nitrogens with one attached hydrogen (secondary N) is 1. The van der Waals surface area contributed by atoms with Gasteiger partial charge < -0.3 is 9.64 Å². The predicted molar refractivity (Wildman–Crippen MR) is 98.1 cm³/mol. The number of thiazole rings is 1. The minimum atomic E-state index is -0.424. The molecule has 8 heteroatoms. The minimum absolute atomic E-state index is 0.179. The highest BCUT2D eigenvalue weighted by atomic mass is 35.5. The zero-order chi connectivity index (χ0) is 16.6. The van der Waals surface area contributed by atoms with Crippen molar-refractivity contribution in [3.8, 4) is 9.75 Å². The Balaban J connectivity index is 1.38. The summed E-state index contributed by atoms with van der Waals surface area (Å²) in [7, 11) is 0. The van der Waals surface area contributed by atoms with E-state index in [-0.39, 0.29) is 5.41 Å². The number of hydrogen-bond acceptors (Lipinski definition) is 6. The Bertz CT molecular complexity index is 723. The number of carbonyl (C=O) groups excluding carboxylic acids is 1. The van der Waals surface area contributed by atoms with Crippen molar-refractivity contribution in [2.45, 2.75) is 19.3 Å². The quantitative estimate of drug-likeness (QED) is 0.840. The number of amides is 1. The Kier molecular flexibility index (Phi) is 4.51. The van der Waals surface area contributed by atoms with E-state index < -0.39 is 6.09 Å². The maximum absolute atomic E-state index is 12.2. The molecule has 0 saturated carbocycles. The fourth-order valence-corrected chi connectivity index (χ4v) is 5.33. The summed E-state index contributed by atoms with van der Waals surface area (Å²) in [6, 6.07) is 3.78. The van der Waals surface area contributed by atoms with Crippen LogP contribution in [0.3, 0.4) is 0 Å². The Morgan fingerprint density at radius 1 is 1.33 bits per heavy atom. The molecule has 0 atom stereocenters. The lowest BCUT2D eigenvalue weighted by atomic mass is 9.73. The second kappa shape index (κ2) is 6.63. The summed E-state index contributed by atoms with van der Waals surface area (Å²) in [5.74, 6) is 0.541. The van der Waals surface area contributed by atoms with Crippen LogP contribution in [0.5, 0.6) is 0 Å². The zero-order valence-corrected chi connectivity index (χ0v) is 15.5. The molecule has 128 valence electrons. The van der Waals surface area contributed by atoms with Gasteiger partial charge in [-0.2, -0.15) is 0 Å². The third kappa shape index (κ3) is 3.31. The molecule has 1 amide bonds. The number of rotatable bonds is 4. The minimum Gasteiger partial charge on any atom is -0.449 e. The average Bonchev–Trinajstić information content (AvgIpc) is 3.23. The highest BCUT2D eigenvalue weighted by Crippen LogP contribution is 2.41. The largest absolute Gasteiger partial charge is 0.449 e. The molecular formula is C16H18ClN3O2S2. The molecule has 24 heavy (non-hydrogen) atoms. The molecule has 2 aromatic rings. The van der Waals surface area contributed by atoms with Crippen LogP contribution >= 0.6 is 34.3 Å². The molecule has 1 N–H and O–H groups in total. The van der Waals surface area contributed by atoms with Gasteiger partial charge in [0.05, 0.1) is 21.3 Å². The first-order valence-corrected chi connectivity index (χ1v) is 10.1. The summed E-state index contributed by atoms with van der Waals surface area (Å²) in [5.41, 5.74) is 1.90. The molecule has 5 nitrogen and oxygen atoms in total. The molecule has 5 heterocycles. The normalized spacial score (nSPS) is 25.6. The lowest BCUT2D eigenvalue weighted by Crippen LogP contribution is -2.50. The van der Waals surface area contributed by atoms with Gasteiger partial charge in [0.1, 0.15) is 0 Å². The number of piperidine rings is 3. The highest BCUT2D eigenvalue weighted by molar-refractivity contribution is 7.23. The number of ether oxygens (including phenoxy) is 1. The lowest BCUT2D eigenvalue weighted by Gasteiger charge is -2.47. The van der Waals surface area contributed by atoms with Crippen LogP contribution < -0.4 is 5.32 Å². The van der Waals surface area contributed by atoms with Gasteiger partial charge in [0, 0.05) is 10.3 Å². The average molecular weight is 384 g/mol. The third-order valence-electron chi connectivity index (χ3n) is 4.97. The van der Waals surface area contributed by atoms with Gasteiger partial charge in [-0.1, -0.05) is 11.6 Å². The van der Waals surface area contributed by atoms with Crippen LogP contribution in [0.2, 0.25) is 4.34 Å². The highest BCUT2D eigenvalue weighted by Gasteiger charge is 2.40. The molecule has 0 radical (unpaired) electrons. The van der Waals surface area contributed by atoms with Gasteiger partial charge in [-0.05, 0) is 51.0 Å². The van der Waals surface area contributed by atoms with Gasteiger partial charge in [-0.15, -0.1) is 22.7 Å². The van der Waals surface area contributed by atoms with E-state index in [1.165, 1.54) is 22.7 Å². The van der Waals surface area contributed by atoms with Crippen molar-refractivity contribution in [3.63, 3.8) is 0 Å². The molecule has 3 aliphatic heterocycles. The summed E-state index contributed by atoms with van der Waals surface area (Å²) in [5, 5.41) is 2.78.